The highest BCUT2D eigenvalue weighted by Gasteiger charge is 2.59. The van der Waals surface area contributed by atoms with Crippen molar-refractivity contribution in [2.24, 2.45) is 45.1 Å². The molecule has 3 saturated carbocycles. The van der Waals surface area contributed by atoms with Crippen LogP contribution in [0.1, 0.15) is 86.0 Å². The molecule has 3 fully saturated rings. The normalized spacial score (nSPS) is 37.2. The quantitative estimate of drug-likeness (QED) is 0.292. The van der Waals surface area contributed by atoms with E-state index in [1.807, 2.05) is 13.1 Å². The van der Waals surface area contributed by atoms with Crippen molar-refractivity contribution < 1.29 is 14.4 Å². The number of nitrogens with zero attached hydrogens (tertiary/aromatic N) is 2. The van der Waals surface area contributed by atoms with Gasteiger partial charge < -0.3 is 10.2 Å². The molecule has 4 aliphatic carbocycles. The minimum absolute atomic E-state index is 0.0383. The molecule has 0 radical (unpaired) electrons. The summed E-state index contributed by atoms with van der Waals surface area (Å²) in [6.45, 7) is 12.7. The minimum atomic E-state index is -0.386. The number of hydrogen-bond donors (Lipinski definition) is 1. The van der Waals surface area contributed by atoms with Crippen molar-refractivity contribution in [2.75, 3.05) is 27.2 Å². The van der Waals surface area contributed by atoms with E-state index < -0.39 is 0 Å². The predicted octanol–water partition coefficient (Wildman–Crippen LogP) is 5.82. The van der Waals surface area contributed by atoms with Crippen molar-refractivity contribution in [3.63, 3.8) is 0 Å². The van der Waals surface area contributed by atoms with Crippen LogP contribution >= 0.6 is 0 Å². The SMILES string of the molecule is CNCC(C)(C)CN(C)C(=O)O/N=C(\C)[C@H]1CC[C@H]2[C@@H]3CCC4=CC(=O)CC[C@]4(C)[C@H]3CC[C@]12C. The van der Waals surface area contributed by atoms with E-state index in [0.717, 1.165) is 37.4 Å². The Kier molecular flexibility index (Phi) is 7.27. The molecule has 0 aromatic rings. The lowest BCUT2D eigenvalue weighted by molar-refractivity contribution is -0.117. The molecule has 6 atom stereocenters. The summed E-state index contributed by atoms with van der Waals surface area (Å²) in [5, 5.41) is 7.58. The van der Waals surface area contributed by atoms with Crippen LogP contribution in [-0.4, -0.2) is 49.7 Å². The van der Waals surface area contributed by atoms with Gasteiger partial charge in [-0.3, -0.25) is 9.63 Å². The van der Waals surface area contributed by atoms with Crippen LogP contribution in [0.4, 0.5) is 4.79 Å². The second-order valence-electron chi connectivity index (χ2n) is 13.3. The van der Waals surface area contributed by atoms with Crippen LogP contribution in [0.15, 0.2) is 16.8 Å². The van der Waals surface area contributed by atoms with Crippen LogP contribution in [0.5, 0.6) is 0 Å². The fourth-order valence-corrected chi connectivity index (χ4v) is 8.73. The van der Waals surface area contributed by atoms with Gasteiger partial charge in [0.1, 0.15) is 0 Å². The fraction of sp³-hybridized carbons (Fsp3) is 0.828. The van der Waals surface area contributed by atoms with E-state index in [0.29, 0.717) is 36.5 Å². The zero-order valence-corrected chi connectivity index (χ0v) is 23.1. The Morgan fingerprint density at radius 2 is 1.91 bits per heavy atom. The van der Waals surface area contributed by atoms with Crippen molar-refractivity contribution in [2.45, 2.75) is 86.0 Å². The smallest absolute Gasteiger partial charge is 0.319 e. The van der Waals surface area contributed by atoms with Crippen LogP contribution in [0.25, 0.3) is 0 Å². The Labute approximate surface area is 212 Å². The summed E-state index contributed by atoms with van der Waals surface area (Å²) in [5.41, 5.74) is 2.78. The third kappa shape index (κ3) is 4.84. The zero-order chi connectivity index (χ0) is 25.6. The van der Waals surface area contributed by atoms with Gasteiger partial charge in [0.25, 0.3) is 0 Å². The molecule has 4 aliphatic rings. The second-order valence-corrected chi connectivity index (χ2v) is 13.3. The number of carbonyl (C=O) groups is 2. The molecule has 6 nitrogen and oxygen atoms in total. The average Bonchev–Trinajstić information content (AvgIpc) is 3.14. The van der Waals surface area contributed by atoms with E-state index in [4.69, 9.17) is 4.84 Å². The third-order valence-corrected chi connectivity index (χ3v) is 10.4. The summed E-state index contributed by atoms with van der Waals surface area (Å²) in [6.07, 6.45) is 10.4. The van der Waals surface area contributed by atoms with E-state index in [-0.39, 0.29) is 22.3 Å². The van der Waals surface area contributed by atoms with Gasteiger partial charge in [0.05, 0.1) is 5.71 Å². The molecule has 196 valence electrons. The summed E-state index contributed by atoms with van der Waals surface area (Å²) < 4.78 is 0. The summed E-state index contributed by atoms with van der Waals surface area (Å²) in [5.74, 6) is 2.80. The van der Waals surface area contributed by atoms with Gasteiger partial charge in [-0.1, -0.05) is 38.4 Å². The van der Waals surface area contributed by atoms with Crippen LogP contribution in [0, 0.1) is 39.9 Å². The summed E-state index contributed by atoms with van der Waals surface area (Å²) in [7, 11) is 3.71. The number of ketones is 1. The molecule has 0 aromatic heterocycles. The number of hydrogen-bond acceptors (Lipinski definition) is 5. The molecular weight excluding hydrogens is 438 g/mol. The Hall–Kier alpha value is -1.69. The van der Waals surface area contributed by atoms with Gasteiger partial charge in [-0.15, -0.1) is 0 Å². The lowest BCUT2D eigenvalue weighted by atomic mass is 9.46. The zero-order valence-electron chi connectivity index (χ0n) is 23.1. The van der Waals surface area contributed by atoms with Crippen molar-refractivity contribution in [1.82, 2.24) is 10.2 Å². The van der Waals surface area contributed by atoms with Gasteiger partial charge in [0.15, 0.2) is 5.78 Å². The molecular formula is C29H47N3O3. The highest BCUT2D eigenvalue weighted by atomic mass is 16.7. The lowest BCUT2D eigenvalue weighted by Crippen LogP contribution is -2.51. The van der Waals surface area contributed by atoms with Gasteiger partial charge in [-0.2, -0.15) is 0 Å². The van der Waals surface area contributed by atoms with Crippen LogP contribution in [0.2, 0.25) is 0 Å². The Balaban J connectivity index is 1.43. The number of fused-ring (bicyclic) bond motifs is 5. The molecule has 4 rings (SSSR count). The van der Waals surface area contributed by atoms with Crippen molar-refractivity contribution in [3.05, 3.63) is 11.6 Å². The Morgan fingerprint density at radius 1 is 1.17 bits per heavy atom. The number of nitrogens with one attached hydrogen (secondary N) is 1. The maximum atomic E-state index is 12.6. The Morgan fingerprint density at radius 3 is 2.63 bits per heavy atom. The van der Waals surface area contributed by atoms with Crippen molar-refractivity contribution >= 4 is 17.6 Å². The first kappa shape index (κ1) is 26.4. The van der Waals surface area contributed by atoms with Crippen molar-refractivity contribution in [3.8, 4) is 0 Å². The summed E-state index contributed by atoms with van der Waals surface area (Å²) in [4.78, 5) is 31.8. The molecule has 6 heteroatoms. The number of oxime groups is 1. The standard InChI is InChI=1S/C29H47N3O3/c1-19(31-35-26(34)32(7)18-27(2,3)17-30-6)23-10-11-24-22-9-8-20-16-21(33)12-14-28(20,4)25(22)13-15-29(23,24)5/h16,22-25,30H,8-15,17-18H2,1-7H3/b31-19+/t22-,23+,24-,25-,28-,29+/m0/s1. The third-order valence-electron chi connectivity index (χ3n) is 10.4. The van der Waals surface area contributed by atoms with Crippen LogP contribution in [-0.2, 0) is 9.63 Å². The van der Waals surface area contributed by atoms with E-state index in [2.05, 4.69) is 45.1 Å². The number of allylic oxidation sites excluding steroid dienone is 1. The van der Waals surface area contributed by atoms with Crippen LogP contribution in [0.3, 0.4) is 0 Å². The first-order valence-electron chi connectivity index (χ1n) is 13.8. The van der Waals surface area contributed by atoms with Crippen molar-refractivity contribution in [1.29, 1.82) is 0 Å². The maximum Gasteiger partial charge on any atom is 0.435 e. The second kappa shape index (κ2) is 9.64. The molecule has 1 amide bonds. The van der Waals surface area contributed by atoms with Gasteiger partial charge in [-0.25, -0.2) is 4.79 Å². The molecule has 0 spiro atoms. The lowest BCUT2D eigenvalue weighted by Gasteiger charge is -2.58. The van der Waals surface area contributed by atoms with Crippen LogP contribution < -0.4 is 5.32 Å². The van der Waals surface area contributed by atoms with E-state index in [1.165, 1.54) is 31.3 Å². The van der Waals surface area contributed by atoms with Gasteiger partial charge >= 0.3 is 6.09 Å². The van der Waals surface area contributed by atoms with E-state index in [9.17, 15) is 9.59 Å². The van der Waals surface area contributed by atoms with Gasteiger partial charge in [0.2, 0.25) is 0 Å². The summed E-state index contributed by atoms with van der Waals surface area (Å²) >= 11 is 0. The van der Waals surface area contributed by atoms with Gasteiger partial charge in [-0.05, 0) is 99.0 Å². The van der Waals surface area contributed by atoms with E-state index >= 15 is 0 Å². The highest BCUT2D eigenvalue weighted by Crippen LogP contribution is 2.66. The average molecular weight is 486 g/mol. The van der Waals surface area contributed by atoms with Gasteiger partial charge in [0, 0.05) is 32.5 Å². The first-order chi connectivity index (χ1) is 16.4. The fourth-order valence-electron chi connectivity index (χ4n) is 8.73. The molecule has 0 unspecified atom stereocenters. The minimum Gasteiger partial charge on any atom is -0.319 e. The molecule has 35 heavy (non-hydrogen) atoms. The monoisotopic (exact) mass is 485 g/mol. The molecule has 0 saturated heterocycles. The number of carbonyl (C=O) groups excluding carboxylic acids is 2. The summed E-state index contributed by atoms with van der Waals surface area (Å²) in [6, 6.07) is 0. The molecule has 0 heterocycles. The highest BCUT2D eigenvalue weighted by molar-refractivity contribution is 5.91. The molecule has 0 aromatic carbocycles. The number of rotatable bonds is 6. The topological polar surface area (TPSA) is 71.0 Å². The predicted molar refractivity (Wildman–Crippen MR) is 140 cm³/mol. The Bertz CT molecular complexity index is 909. The first-order valence-corrected chi connectivity index (χ1v) is 13.8. The maximum absolute atomic E-state index is 12.6. The molecule has 0 aliphatic heterocycles. The molecule has 1 N–H and O–H groups in total. The van der Waals surface area contributed by atoms with E-state index in [1.54, 1.807) is 11.9 Å². The largest absolute Gasteiger partial charge is 0.435 e. The molecule has 0 bridgehead atoms. The number of amides is 1.